The summed E-state index contributed by atoms with van der Waals surface area (Å²) in [5.74, 6) is -1.63. The number of carbonyl (C=O) groups excluding carboxylic acids is 1. The molecule has 0 aromatic carbocycles. The Morgan fingerprint density at radius 2 is 2.29 bits per heavy atom. The number of aliphatic hydroxyl groups is 1. The summed E-state index contributed by atoms with van der Waals surface area (Å²) in [5, 5.41) is 19.9. The number of aliphatic carboxylic acids is 1. The molecule has 0 aromatic heterocycles. The van der Waals surface area contributed by atoms with Gasteiger partial charge in [0.1, 0.15) is 6.04 Å². The molecule has 0 aromatic rings. The normalized spacial score (nSPS) is 29.9. The highest BCUT2D eigenvalue weighted by Crippen LogP contribution is 2.27. The third-order valence-corrected chi connectivity index (χ3v) is 3.06. The quantitative estimate of drug-likeness (QED) is 0.459. The molecule has 1 aliphatic heterocycles. The molecule has 1 heterocycles. The van der Waals surface area contributed by atoms with Crippen LogP contribution in [0, 0.1) is 5.41 Å². The van der Waals surface area contributed by atoms with Crippen molar-refractivity contribution in [2.75, 3.05) is 19.8 Å². The van der Waals surface area contributed by atoms with Crippen LogP contribution in [0.15, 0.2) is 0 Å². The fraction of sp³-hybridized carbons (Fsp3) is 0.800. The maximum absolute atomic E-state index is 12.0. The number of carboxylic acid groups (broad SMARTS) is 1. The van der Waals surface area contributed by atoms with E-state index in [-0.39, 0.29) is 26.2 Å². The number of rotatable bonds is 5. The zero-order chi connectivity index (χ0) is 13.1. The van der Waals surface area contributed by atoms with Gasteiger partial charge in [-0.1, -0.05) is 0 Å². The van der Waals surface area contributed by atoms with Crippen molar-refractivity contribution < 1.29 is 24.5 Å². The van der Waals surface area contributed by atoms with Crippen molar-refractivity contribution in [1.82, 2.24) is 5.32 Å². The van der Waals surface area contributed by atoms with Crippen LogP contribution in [0.25, 0.3) is 0 Å². The predicted octanol–water partition coefficient (Wildman–Crippen LogP) is -1.70. The van der Waals surface area contributed by atoms with Crippen LogP contribution in [-0.2, 0) is 14.3 Å². The molecule has 0 spiro atoms. The first-order chi connectivity index (χ1) is 7.91. The first kappa shape index (κ1) is 13.9. The highest BCUT2D eigenvalue weighted by atomic mass is 16.5. The average Bonchev–Trinajstić information content (AvgIpc) is 2.59. The molecule has 1 aliphatic rings. The van der Waals surface area contributed by atoms with E-state index in [1.165, 1.54) is 0 Å². The van der Waals surface area contributed by atoms with Gasteiger partial charge in [0.15, 0.2) is 0 Å². The van der Waals surface area contributed by atoms with E-state index in [1.807, 2.05) is 0 Å². The van der Waals surface area contributed by atoms with Gasteiger partial charge in [-0.3, -0.25) is 4.79 Å². The molecule has 1 fully saturated rings. The van der Waals surface area contributed by atoms with Gasteiger partial charge in [-0.2, -0.15) is 0 Å². The van der Waals surface area contributed by atoms with Crippen molar-refractivity contribution in [3.05, 3.63) is 0 Å². The third kappa shape index (κ3) is 2.93. The lowest BCUT2D eigenvalue weighted by Gasteiger charge is -2.27. The van der Waals surface area contributed by atoms with Crippen LogP contribution >= 0.6 is 0 Å². The van der Waals surface area contributed by atoms with Gasteiger partial charge in [-0.15, -0.1) is 0 Å². The van der Waals surface area contributed by atoms with Crippen LogP contribution in [0.1, 0.15) is 13.3 Å². The molecule has 1 amide bonds. The minimum atomic E-state index is -1.18. The lowest BCUT2D eigenvalue weighted by molar-refractivity contribution is -0.144. The van der Waals surface area contributed by atoms with Crippen molar-refractivity contribution in [1.29, 1.82) is 0 Å². The van der Waals surface area contributed by atoms with Crippen LogP contribution in [-0.4, -0.2) is 54.0 Å². The van der Waals surface area contributed by atoms with Gasteiger partial charge in [0.05, 0.1) is 18.6 Å². The third-order valence-electron chi connectivity index (χ3n) is 3.06. The maximum Gasteiger partial charge on any atom is 0.326 e. The topological polar surface area (TPSA) is 122 Å². The number of aliphatic hydroxyl groups excluding tert-OH is 1. The Bertz CT molecular complexity index is 309. The molecule has 5 N–H and O–H groups in total. The summed E-state index contributed by atoms with van der Waals surface area (Å²) in [6, 6.07) is -1.55. The smallest absolute Gasteiger partial charge is 0.326 e. The van der Waals surface area contributed by atoms with Crippen molar-refractivity contribution in [2.45, 2.75) is 25.4 Å². The average molecular weight is 246 g/mol. The first-order valence-corrected chi connectivity index (χ1v) is 5.39. The van der Waals surface area contributed by atoms with Gasteiger partial charge in [0, 0.05) is 19.1 Å². The number of amides is 1. The first-order valence-electron chi connectivity index (χ1n) is 5.39. The molecule has 0 aliphatic carbocycles. The molecule has 17 heavy (non-hydrogen) atoms. The Morgan fingerprint density at radius 3 is 2.71 bits per heavy atom. The van der Waals surface area contributed by atoms with E-state index in [0.717, 1.165) is 0 Å². The van der Waals surface area contributed by atoms with Crippen molar-refractivity contribution >= 4 is 11.9 Å². The van der Waals surface area contributed by atoms with Crippen LogP contribution in [0.2, 0.25) is 0 Å². The molecular formula is C10H18N2O5. The molecular weight excluding hydrogens is 228 g/mol. The standard InChI is InChI=1S/C10H18N2O5/c1-10(5-17-4-7(10)11)9(16)12-6(2-3-13)8(14)15/h6-7,13H,2-5,11H2,1H3,(H,12,16)(H,14,15)/t6-,7?,10?/m0/s1. The zero-order valence-corrected chi connectivity index (χ0v) is 9.68. The Kier molecular flexibility index (Phi) is 4.44. The summed E-state index contributed by atoms with van der Waals surface area (Å²) in [6.07, 6.45) is -0.0345. The number of ether oxygens (including phenoxy) is 1. The number of carbonyl (C=O) groups is 2. The second-order valence-corrected chi connectivity index (χ2v) is 4.42. The van der Waals surface area contributed by atoms with Crippen molar-refractivity contribution in [2.24, 2.45) is 11.1 Å². The molecule has 2 unspecified atom stereocenters. The molecule has 7 heteroatoms. The van der Waals surface area contributed by atoms with Gasteiger partial charge in [-0.05, 0) is 6.92 Å². The van der Waals surface area contributed by atoms with E-state index in [1.54, 1.807) is 6.92 Å². The zero-order valence-electron chi connectivity index (χ0n) is 9.68. The summed E-state index contributed by atoms with van der Waals surface area (Å²) >= 11 is 0. The number of nitrogens with one attached hydrogen (secondary N) is 1. The molecule has 0 bridgehead atoms. The van der Waals surface area contributed by atoms with Crippen LogP contribution in [0.3, 0.4) is 0 Å². The van der Waals surface area contributed by atoms with E-state index in [2.05, 4.69) is 5.32 Å². The minimum absolute atomic E-state index is 0.0345. The number of nitrogens with two attached hydrogens (primary N) is 1. The van der Waals surface area contributed by atoms with Crippen LogP contribution in [0.4, 0.5) is 0 Å². The largest absolute Gasteiger partial charge is 0.480 e. The lowest BCUT2D eigenvalue weighted by atomic mass is 9.84. The van der Waals surface area contributed by atoms with E-state index in [0.29, 0.717) is 0 Å². The van der Waals surface area contributed by atoms with Gasteiger partial charge >= 0.3 is 5.97 Å². The summed E-state index contributed by atoms with van der Waals surface area (Å²) in [6.45, 7) is 1.78. The Labute approximate surface area is 98.9 Å². The maximum atomic E-state index is 12.0. The van der Waals surface area contributed by atoms with Gasteiger partial charge in [0.2, 0.25) is 5.91 Å². The Morgan fingerprint density at radius 1 is 1.65 bits per heavy atom. The van der Waals surface area contributed by atoms with Gasteiger partial charge in [-0.25, -0.2) is 4.79 Å². The number of hydrogen-bond acceptors (Lipinski definition) is 5. The van der Waals surface area contributed by atoms with Gasteiger partial charge < -0.3 is 26.0 Å². The molecule has 1 rings (SSSR count). The highest BCUT2D eigenvalue weighted by molar-refractivity contribution is 5.88. The summed E-state index contributed by atoms with van der Waals surface area (Å²) in [7, 11) is 0. The van der Waals surface area contributed by atoms with Crippen LogP contribution < -0.4 is 11.1 Å². The highest BCUT2D eigenvalue weighted by Gasteiger charge is 2.45. The molecule has 0 saturated carbocycles. The SMILES string of the molecule is CC1(C(=O)N[C@@H](CCO)C(=O)O)COCC1N. The van der Waals surface area contributed by atoms with Crippen molar-refractivity contribution in [3.63, 3.8) is 0 Å². The number of carboxylic acids is 1. The molecule has 0 radical (unpaired) electrons. The second kappa shape index (κ2) is 5.44. The molecule has 3 atom stereocenters. The number of hydrogen-bond donors (Lipinski definition) is 4. The Balaban J connectivity index is 2.66. The van der Waals surface area contributed by atoms with E-state index < -0.39 is 29.4 Å². The summed E-state index contributed by atoms with van der Waals surface area (Å²) in [5.41, 5.74) is 4.84. The molecule has 1 saturated heterocycles. The fourth-order valence-electron chi connectivity index (χ4n) is 1.63. The fourth-order valence-corrected chi connectivity index (χ4v) is 1.63. The molecule has 7 nitrogen and oxygen atoms in total. The summed E-state index contributed by atoms with van der Waals surface area (Å²) in [4.78, 5) is 22.8. The summed E-state index contributed by atoms with van der Waals surface area (Å²) < 4.78 is 5.11. The van der Waals surface area contributed by atoms with Crippen molar-refractivity contribution in [3.8, 4) is 0 Å². The van der Waals surface area contributed by atoms with Crippen LogP contribution in [0.5, 0.6) is 0 Å². The van der Waals surface area contributed by atoms with E-state index >= 15 is 0 Å². The Hall–Kier alpha value is -1.18. The molecule has 98 valence electrons. The lowest BCUT2D eigenvalue weighted by Crippen LogP contribution is -2.54. The monoisotopic (exact) mass is 246 g/mol. The minimum Gasteiger partial charge on any atom is -0.480 e. The predicted molar refractivity (Wildman–Crippen MR) is 58.2 cm³/mol. The van der Waals surface area contributed by atoms with E-state index in [4.69, 9.17) is 20.7 Å². The van der Waals surface area contributed by atoms with E-state index in [9.17, 15) is 9.59 Å². The second-order valence-electron chi connectivity index (χ2n) is 4.42. The van der Waals surface area contributed by atoms with Gasteiger partial charge in [0.25, 0.3) is 0 Å².